The van der Waals surface area contributed by atoms with Crippen LogP contribution in [-0.4, -0.2) is 69.8 Å². The molecule has 7 atom stereocenters. The SMILES string of the molecule is COc1ccc(C(OC[C@H]2O[C@@H](n3cc(C)c(=O)[nH]c3=O)C[C@@H]2O[P+](=O)OC[C@H]2O[C@@H](n3cc(C)c(=O)[nH]c3=O)C[C@@H]2OC(=O)c2ccccc2)(c2ccccc2)c2ccccc2)cc1. The molecule has 0 spiro atoms. The van der Waals surface area contributed by atoms with E-state index in [1.54, 1.807) is 44.4 Å². The Morgan fingerprint density at radius 3 is 1.68 bits per heavy atom. The van der Waals surface area contributed by atoms with Gasteiger partial charge in [-0.15, -0.1) is 9.05 Å². The fourth-order valence-corrected chi connectivity index (χ4v) is 8.83. The number of H-pyrrole nitrogens is 2. The van der Waals surface area contributed by atoms with Crippen LogP contribution < -0.4 is 27.2 Å². The fraction of sp³-hybridized carbons (Fsp3) is 0.298. The van der Waals surface area contributed by atoms with Crippen LogP contribution in [-0.2, 0) is 38.2 Å². The van der Waals surface area contributed by atoms with Crippen molar-refractivity contribution in [3.05, 3.63) is 203 Å². The van der Waals surface area contributed by atoms with Crippen molar-refractivity contribution < 1.29 is 42.1 Å². The van der Waals surface area contributed by atoms with Crippen molar-refractivity contribution in [2.75, 3.05) is 20.3 Å². The maximum Gasteiger partial charge on any atom is 0.697 e. The Morgan fingerprint density at radius 2 is 1.15 bits per heavy atom. The van der Waals surface area contributed by atoms with E-state index in [2.05, 4.69) is 9.97 Å². The summed E-state index contributed by atoms with van der Waals surface area (Å²) in [6, 6.07) is 35.0. The van der Waals surface area contributed by atoms with Crippen molar-refractivity contribution in [1.29, 1.82) is 0 Å². The van der Waals surface area contributed by atoms with Gasteiger partial charge >= 0.3 is 25.6 Å². The lowest BCUT2D eigenvalue weighted by Crippen LogP contribution is -2.38. The first-order valence-electron chi connectivity index (χ1n) is 20.8. The van der Waals surface area contributed by atoms with Crippen LogP contribution in [0.25, 0.3) is 0 Å². The van der Waals surface area contributed by atoms with E-state index >= 15 is 0 Å². The summed E-state index contributed by atoms with van der Waals surface area (Å²) in [6.07, 6.45) is -3.22. The number of ether oxygens (including phenoxy) is 5. The molecule has 17 nitrogen and oxygen atoms in total. The first-order valence-corrected chi connectivity index (χ1v) is 21.9. The molecule has 2 aliphatic rings. The molecule has 0 radical (unpaired) electrons. The third kappa shape index (κ3) is 9.76. The number of esters is 1. The second-order valence-electron chi connectivity index (χ2n) is 15.6. The van der Waals surface area contributed by atoms with Crippen LogP contribution in [0.5, 0.6) is 5.75 Å². The summed E-state index contributed by atoms with van der Waals surface area (Å²) in [6.45, 7) is 2.52. The largest absolute Gasteiger partial charge is 0.697 e. The number of aromatic nitrogens is 4. The van der Waals surface area contributed by atoms with Crippen molar-refractivity contribution in [3.8, 4) is 5.75 Å². The summed E-state index contributed by atoms with van der Waals surface area (Å²) in [7, 11) is -1.38. The van der Waals surface area contributed by atoms with Crippen LogP contribution in [0.15, 0.2) is 147 Å². The summed E-state index contributed by atoms with van der Waals surface area (Å²) in [5.41, 5.74) is -0.621. The van der Waals surface area contributed by atoms with Gasteiger partial charge in [-0.25, -0.2) is 14.4 Å². The van der Waals surface area contributed by atoms with Crippen molar-refractivity contribution in [1.82, 2.24) is 19.1 Å². The number of carbonyl (C=O) groups is 1. The van der Waals surface area contributed by atoms with E-state index in [-0.39, 0.29) is 36.1 Å². The predicted molar refractivity (Wildman–Crippen MR) is 235 cm³/mol. The number of nitrogens with one attached hydrogen (secondary N) is 2. The summed E-state index contributed by atoms with van der Waals surface area (Å²) in [5.74, 6) is -0.0128. The molecule has 0 bridgehead atoms. The van der Waals surface area contributed by atoms with Gasteiger partial charge in [-0.3, -0.25) is 28.7 Å². The van der Waals surface area contributed by atoms with Gasteiger partial charge in [-0.05, 0) is 54.8 Å². The van der Waals surface area contributed by atoms with Gasteiger partial charge in [0.2, 0.25) is 0 Å². The van der Waals surface area contributed by atoms with Gasteiger partial charge in [-0.1, -0.05) is 91.0 Å². The molecule has 2 saturated heterocycles. The summed E-state index contributed by atoms with van der Waals surface area (Å²) in [4.78, 5) is 68.2. The summed E-state index contributed by atoms with van der Waals surface area (Å²) < 4.78 is 59.3. The molecule has 0 aliphatic carbocycles. The Morgan fingerprint density at radius 1 is 0.677 bits per heavy atom. The van der Waals surface area contributed by atoms with E-state index in [0.717, 1.165) is 16.7 Å². The van der Waals surface area contributed by atoms with Crippen molar-refractivity contribution >= 4 is 14.2 Å². The van der Waals surface area contributed by atoms with Crippen molar-refractivity contribution in [2.45, 2.75) is 69.2 Å². The number of hydrogen-bond acceptors (Lipinski definition) is 13. The minimum Gasteiger partial charge on any atom is -0.497 e. The van der Waals surface area contributed by atoms with Crippen LogP contribution in [0, 0.1) is 13.8 Å². The van der Waals surface area contributed by atoms with E-state index < -0.39 is 85.8 Å². The van der Waals surface area contributed by atoms with Crippen molar-refractivity contribution in [2.24, 2.45) is 0 Å². The maximum atomic E-state index is 13.9. The number of hydrogen-bond donors (Lipinski definition) is 2. The molecule has 2 N–H and O–H groups in total. The molecule has 0 saturated carbocycles. The molecule has 0 amide bonds. The molecular formula is C47H46N4O13P+. The third-order valence-corrected chi connectivity index (χ3v) is 12.2. The van der Waals surface area contributed by atoms with Gasteiger partial charge in [-0.2, -0.15) is 0 Å². The average Bonchev–Trinajstić information content (AvgIpc) is 3.92. The number of rotatable bonds is 16. The molecule has 336 valence electrons. The minimum atomic E-state index is -2.97. The van der Waals surface area contributed by atoms with Gasteiger partial charge in [0.05, 0.1) is 19.3 Å². The van der Waals surface area contributed by atoms with Gasteiger partial charge in [0, 0.05) is 40.9 Å². The highest BCUT2D eigenvalue weighted by molar-refractivity contribution is 7.33. The van der Waals surface area contributed by atoms with Crippen LogP contribution in [0.3, 0.4) is 0 Å². The fourth-order valence-electron chi connectivity index (χ4n) is 8.06. The number of carbonyl (C=O) groups excluding carboxylic acids is 1. The molecular weight excluding hydrogens is 860 g/mol. The Hall–Kier alpha value is -6.59. The number of benzene rings is 4. The molecule has 65 heavy (non-hydrogen) atoms. The quantitative estimate of drug-likeness (QED) is 0.0692. The smallest absolute Gasteiger partial charge is 0.497 e. The highest BCUT2D eigenvalue weighted by atomic mass is 31.1. The standard InChI is InChI=1S/C47H45N4O13P/c1-29-25-50(45(55)48-42(29)52)40-23-36(63-44(54)31-13-7-4-8-14-31)39(62-40)28-60-65(57)64-37-24-41(51-26-30(2)43(53)49-46(51)56)61-38(37)27-59-47(32-15-9-5-10-16-32,33-17-11-6-12-18-33)34-19-21-35(58-3)22-20-34/h4-22,25-26,36-41H,23-24,27-28H2,1-3H3,(H-,48,49,52,53,55,56)/p+1/t36-,37-,38+,39+,40+,41+/m0/s1. The highest BCUT2D eigenvalue weighted by Gasteiger charge is 2.48. The lowest BCUT2D eigenvalue weighted by atomic mass is 9.80. The molecule has 1 unspecified atom stereocenters. The van der Waals surface area contributed by atoms with E-state index in [1.165, 1.54) is 28.5 Å². The van der Waals surface area contributed by atoms with Gasteiger partial charge < -0.3 is 23.7 Å². The van der Waals surface area contributed by atoms with Gasteiger partial charge in [0.1, 0.15) is 54.8 Å². The van der Waals surface area contributed by atoms with Crippen LogP contribution in [0.2, 0.25) is 0 Å². The minimum absolute atomic E-state index is 0.000695. The molecule has 2 fully saturated rings. The van der Waals surface area contributed by atoms with E-state index in [4.69, 9.17) is 32.7 Å². The molecule has 2 aliphatic heterocycles. The zero-order valence-electron chi connectivity index (χ0n) is 35.6. The average molecular weight is 906 g/mol. The van der Waals surface area contributed by atoms with Crippen LogP contribution in [0.4, 0.5) is 0 Å². The second-order valence-corrected chi connectivity index (χ2v) is 16.5. The molecule has 18 heteroatoms. The summed E-state index contributed by atoms with van der Waals surface area (Å²) >= 11 is 0. The monoisotopic (exact) mass is 905 g/mol. The van der Waals surface area contributed by atoms with Crippen molar-refractivity contribution in [3.63, 3.8) is 0 Å². The zero-order valence-corrected chi connectivity index (χ0v) is 36.5. The summed E-state index contributed by atoms with van der Waals surface area (Å²) in [5, 5.41) is 0. The maximum absolute atomic E-state index is 13.9. The Labute approximate surface area is 372 Å². The second kappa shape index (κ2) is 19.7. The lowest BCUT2D eigenvalue weighted by molar-refractivity contribution is -0.0927. The predicted octanol–water partition coefficient (Wildman–Crippen LogP) is 5.58. The van der Waals surface area contributed by atoms with Crippen LogP contribution in [0.1, 0.15) is 63.5 Å². The number of aryl methyl sites for hydroxylation is 2. The molecule has 4 heterocycles. The Kier molecular flexibility index (Phi) is 13.6. The topological polar surface area (TPSA) is 208 Å². The number of nitrogens with zero attached hydrogens (tertiary/aromatic N) is 2. The van der Waals surface area contributed by atoms with E-state index in [9.17, 15) is 28.5 Å². The first-order chi connectivity index (χ1) is 31.4. The Balaban J connectivity index is 1.07. The van der Waals surface area contributed by atoms with Gasteiger partial charge in [0.15, 0.2) is 0 Å². The molecule has 4 aromatic carbocycles. The molecule has 2 aromatic heterocycles. The molecule has 8 rings (SSSR count). The first kappa shape index (κ1) is 45.0. The normalized spacial score (nSPS) is 20.9. The zero-order chi connectivity index (χ0) is 45.7. The Bertz CT molecular complexity index is 2830. The van der Waals surface area contributed by atoms with E-state index in [0.29, 0.717) is 5.75 Å². The third-order valence-electron chi connectivity index (χ3n) is 11.4. The molecule has 6 aromatic rings. The van der Waals surface area contributed by atoms with Crippen LogP contribution >= 0.6 is 8.25 Å². The lowest BCUT2D eigenvalue weighted by Gasteiger charge is -2.37. The number of methoxy groups -OCH3 is 1. The van der Waals surface area contributed by atoms with E-state index in [1.807, 2.05) is 84.9 Å². The number of aromatic amines is 2. The highest BCUT2D eigenvalue weighted by Crippen LogP contribution is 2.44. The van der Waals surface area contributed by atoms with Gasteiger partial charge in [0.25, 0.3) is 11.1 Å².